The fraction of sp³-hybridized carbons (Fsp3) is 0.417. The summed E-state index contributed by atoms with van der Waals surface area (Å²) in [5.74, 6) is 0.846. The standard InChI is InChI=1S/C12H19N3/c1-4-14-12(13-3)15-9-11-7-5-6-10(2)8-11/h5-8H,4,9H2,1-3H3,(H2,13,14,15). The fourth-order valence-corrected chi connectivity index (χ4v) is 1.40. The Morgan fingerprint density at radius 3 is 2.73 bits per heavy atom. The van der Waals surface area contributed by atoms with Crippen LogP contribution in [0.4, 0.5) is 0 Å². The van der Waals surface area contributed by atoms with Crippen LogP contribution in [-0.4, -0.2) is 19.6 Å². The van der Waals surface area contributed by atoms with Crippen LogP contribution in [0, 0.1) is 6.92 Å². The van der Waals surface area contributed by atoms with Crippen molar-refractivity contribution in [2.24, 2.45) is 4.99 Å². The fourth-order valence-electron chi connectivity index (χ4n) is 1.40. The number of aryl methyl sites for hydroxylation is 1. The lowest BCUT2D eigenvalue weighted by molar-refractivity contribution is 0.829. The minimum atomic E-state index is 0.807. The van der Waals surface area contributed by atoms with Crippen molar-refractivity contribution in [2.45, 2.75) is 20.4 Å². The molecule has 0 fully saturated rings. The Kier molecular flexibility index (Phi) is 4.68. The lowest BCUT2D eigenvalue weighted by atomic mass is 10.1. The normalized spacial score (nSPS) is 11.3. The quantitative estimate of drug-likeness (QED) is 0.582. The van der Waals surface area contributed by atoms with E-state index < -0.39 is 0 Å². The van der Waals surface area contributed by atoms with Crippen molar-refractivity contribution in [1.29, 1.82) is 0 Å². The molecule has 0 aliphatic rings. The number of nitrogens with one attached hydrogen (secondary N) is 2. The summed E-state index contributed by atoms with van der Waals surface area (Å²) in [4.78, 5) is 4.11. The zero-order valence-corrected chi connectivity index (χ0v) is 9.67. The first-order chi connectivity index (χ1) is 7.26. The molecular formula is C12H19N3. The Balaban J connectivity index is 2.49. The molecule has 0 aliphatic heterocycles. The average molecular weight is 205 g/mol. The molecule has 2 N–H and O–H groups in total. The summed E-state index contributed by atoms with van der Waals surface area (Å²) in [6.45, 7) is 5.84. The second-order valence-electron chi connectivity index (χ2n) is 3.45. The summed E-state index contributed by atoms with van der Waals surface area (Å²) < 4.78 is 0. The van der Waals surface area contributed by atoms with Gasteiger partial charge >= 0.3 is 0 Å². The molecule has 1 aromatic rings. The molecule has 0 aliphatic carbocycles. The summed E-state index contributed by atoms with van der Waals surface area (Å²) in [7, 11) is 1.78. The lowest BCUT2D eigenvalue weighted by Gasteiger charge is -2.10. The maximum atomic E-state index is 4.11. The zero-order valence-electron chi connectivity index (χ0n) is 9.67. The molecule has 82 valence electrons. The molecule has 0 saturated heterocycles. The molecule has 0 saturated carbocycles. The third-order valence-electron chi connectivity index (χ3n) is 2.11. The number of rotatable bonds is 3. The SMILES string of the molecule is CCNC(=NC)NCc1cccc(C)c1. The van der Waals surface area contributed by atoms with E-state index in [-0.39, 0.29) is 0 Å². The highest BCUT2D eigenvalue weighted by Gasteiger charge is 1.96. The largest absolute Gasteiger partial charge is 0.357 e. The molecule has 0 unspecified atom stereocenters. The minimum absolute atomic E-state index is 0.807. The third kappa shape index (κ3) is 4.02. The van der Waals surface area contributed by atoms with Gasteiger partial charge in [-0.25, -0.2) is 0 Å². The van der Waals surface area contributed by atoms with E-state index in [4.69, 9.17) is 0 Å². The Labute approximate surface area is 91.6 Å². The maximum absolute atomic E-state index is 4.11. The van der Waals surface area contributed by atoms with Gasteiger partial charge in [-0.1, -0.05) is 29.8 Å². The molecule has 3 heteroatoms. The molecule has 0 atom stereocenters. The number of nitrogens with zero attached hydrogens (tertiary/aromatic N) is 1. The average Bonchev–Trinajstić information content (AvgIpc) is 2.24. The van der Waals surface area contributed by atoms with E-state index in [0.717, 1.165) is 19.0 Å². The molecule has 0 amide bonds. The van der Waals surface area contributed by atoms with Crippen LogP contribution in [0.25, 0.3) is 0 Å². The van der Waals surface area contributed by atoms with Gasteiger partial charge in [-0.15, -0.1) is 0 Å². The van der Waals surface area contributed by atoms with Crippen LogP contribution in [0.5, 0.6) is 0 Å². The molecule has 0 aromatic heterocycles. The van der Waals surface area contributed by atoms with Crippen LogP contribution in [0.15, 0.2) is 29.3 Å². The third-order valence-corrected chi connectivity index (χ3v) is 2.11. The van der Waals surface area contributed by atoms with Gasteiger partial charge in [0.1, 0.15) is 0 Å². The number of benzene rings is 1. The lowest BCUT2D eigenvalue weighted by Crippen LogP contribution is -2.36. The van der Waals surface area contributed by atoms with Crippen molar-refractivity contribution in [1.82, 2.24) is 10.6 Å². The number of guanidine groups is 1. The van der Waals surface area contributed by atoms with Crippen molar-refractivity contribution >= 4 is 5.96 Å². The zero-order chi connectivity index (χ0) is 11.1. The first-order valence-corrected chi connectivity index (χ1v) is 5.26. The molecule has 1 rings (SSSR count). The van der Waals surface area contributed by atoms with Crippen molar-refractivity contribution in [2.75, 3.05) is 13.6 Å². The van der Waals surface area contributed by atoms with Crippen LogP contribution in [0.1, 0.15) is 18.1 Å². The van der Waals surface area contributed by atoms with E-state index in [1.807, 2.05) is 0 Å². The smallest absolute Gasteiger partial charge is 0.191 e. The molecular weight excluding hydrogens is 186 g/mol. The van der Waals surface area contributed by atoms with E-state index in [0.29, 0.717) is 0 Å². The molecule has 15 heavy (non-hydrogen) atoms. The first-order valence-electron chi connectivity index (χ1n) is 5.26. The van der Waals surface area contributed by atoms with Gasteiger partial charge in [-0.3, -0.25) is 4.99 Å². The van der Waals surface area contributed by atoms with Gasteiger partial charge in [-0.05, 0) is 19.4 Å². The summed E-state index contributed by atoms with van der Waals surface area (Å²) in [5.41, 5.74) is 2.56. The number of aliphatic imine (C=N–C) groups is 1. The van der Waals surface area contributed by atoms with Crippen LogP contribution < -0.4 is 10.6 Å². The van der Waals surface area contributed by atoms with Crippen LogP contribution in [0.2, 0.25) is 0 Å². The molecule has 0 bridgehead atoms. The summed E-state index contributed by atoms with van der Waals surface area (Å²) >= 11 is 0. The van der Waals surface area contributed by atoms with E-state index in [9.17, 15) is 0 Å². The van der Waals surface area contributed by atoms with Crippen LogP contribution >= 0.6 is 0 Å². The van der Waals surface area contributed by atoms with Gasteiger partial charge in [0.15, 0.2) is 5.96 Å². The van der Waals surface area contributed by atoms with Gasteiger partial charge in [0.05, 0.1) is 0 Å². The Morgan fingerprint density at radius 1 is 1.33 bits per heavy atom. The number of hydrogen-bond donors (Lipinski definition) is 2. The molecule has 0 heterocycles. The first kappa shape index (κ1) is 11.6. The Morgan fingerprint density at radius 2 is 2.13 bits per heavy atom. The predicted octanol–water partition coefficient (Wildman–Crippen LogP) is 1.68. The van der Waals surface area contributed by atoms with Gasteiger partial charge in [-0.2, -0.15) is 0 Å². The molecule has 0 spiro atoms. The highest BCUT2D eigenvalue weighted by molar-refractivity contribution is 5.79. The second kappa shape index (κ2) is 6.06. The van der Waals surface area contributed by atoms with Crippen LogP contribution in [0.3, 0.4) is 0 Å². The van der Waals surface area contributed by atoms with E-state index in [2.05, 4.69) is 53.7 Å². The number of hydrogen-bond acceptors (Lipinski definition) is 1. The summed E-state index contributed by atoms with van der Waals surface area (Å²) in [6.07, 6.45) is 0. The van der Waals surface area contributed by atoms with E-state index in [1.54, 1.807) is 7.05 Å². The topological polar surface area (TPSA) is 36.4 Å². The van der Waals surface area contributed by atoms with Crippen molar-refractivity contribution in [3.8, 4) is 0 Å². The second-order valence-corrected chi connectivity index (χ2v) is 3.45. The molecule has 0 radical (unpaired) electrons. The summed E-state index contributed by atoms with van der Waals surface area (Å²) in [6, 6.07) is 8.45. The Bertz CT molecular complexity index is 331. The maximum Gasteiger partial charge on any atom is 0.191 e. The van der Waals surface area contributed by atoms with Crippen molar-refractivity contribution < 1.29 is 0 Å². The van der Waals surface area contributed by atoms with Gasteiger partial charge in [0.2, 0.25) is 0 Å². The minimum Gasteiger partial charge on any atom is -0.357 e. The van der Waals surface area contributed by atoms with Crippen molar-refractivity contribution in [3.63, 3.8) is 0 Å². The van der Waals surface area contributed by atoms with E-state index >= 15 is 0 Å². The van der Waals surface area contributed by atoms with Gasteiger partial charge in [0, 0.05) is 20.1 Å². The monoisotopic (exact) mass is 205 g/mol. The van der Waals surface area contributed by atoms with Gasteiger partial charge < -0.3 is 10.6 Å². The van der Waals surface area contributed by atoms with Crippen molar-refractivity contribution in [3.05, 3.63) is 35.4 Å². The molecule has 1 aromatic carbocycles. The highest BCUT2D eigenvalue weighted by atomic mass is 15.2. The van der Waals surface area contributed by atoms with E-state index in [1.165, 1.54) is 11.1 Å². The highest BCUT2D eigenvalue weighted by Crippen LogP contribution is 2.02. The van der Waals surface area contributed by atoms with Crippen LogP contribution in [-0.2, 0) is 6.54 Å². The summed E-state index contributed by atoms with van der Waals surface area (Å²) in [5, 5.41) is 6.41. The Hall–Kier alpha value is -1.51. The predicted molar refractivity (Wildman–Crippen MR) is 65.1 cm³/mol. The molecule has 3 nitrogen and oxygen atoms in total. The van der Waals surface area contributed by atoms with Gasteiger partial charge in [0.25, 0.3) is 0 Å².